The number of nitrogens with one attached hydrogen (secondary N) is 1. The van der Waals surface area contributed by atoms with Crippen LogP contribution >= 0.6 is 0 Å². The van der Waals surface area contributed by atoms with Crippen LogP contribution in [0.15, 0.2) is 42.6 Å². The number of aromatic hydroxyl groups is 1. The topological polar surface area (TPSA) is 106 Å². The van der Waals surface area contributed by atoms with Gasteiger partial charge in [-0.2, -0.15) is 10.5 Å². The van der Waals surface area contributed by atoms with Crippen LogP contribution in [-0.4, -0.2) is 21.6 Å². The van der Waals surface area contributed by atoms with Crippen molar-refractivity contribution in [2.45, 2.75) is 0 Å². The van der Waals surface area contributed by atoms with E-state index in [1.165, 1.54) is 6.07 Å². The summed E-state index contributed by atoms with van der Waals surface area (Å²) in [5.41, 5.74) is 2.64. The van der Waals surface area contributed by atoms with E-state index in [1.807, 2.05) is 30.3 Å². The summed E-state index contributed by atoms with van der Waals surface area (Å²) in [5.74, 6) is 0.349. The number of nitrogens with zero attached hydrogens (tertiary/aromatic N) is 4. The molecule has 0 radical (unpaired) electrons. The van der Waals surface area contributed by atoms with Gasteiger partial charge in [0.1, 0.15) is 18.4 Å². The summed E-state index contributed by atoms with van der Waals surface area (Å²) in [6.07, 6.45) is 1.68. The molecule has 1 heterocycles. The maximum Gasteiger partial charge on any atom is 0.224 e. The lowest BCUT2D eigenvalue weighted by Crippen LogP contribution is -2.02. The monoisotopic (exact) mass is 301 g/mol. The Balaban J connectivity index is 2.05. The fourth-order valence-corrected chi connectivity index (χ4v) is 2.21. The number of fused-ring (bicyclic) bond motifs is 1. The largest absolute Gasteiger partial charge is 0.507 e. The summed E-state index contributed by atoms with van der Waals surface area (Å²) in [5, 5.41) is 30.9. The SMILES string of the molecule is N#CCNc1ncc2ccc(-c3ccc(O)c(C#N)c3)cc2n1. The van der Waals surface area contributed by atoms with Gasteiger partial charge in [0, 0.05) is 11.6 Å². The molecule has 1 aromatic heterocycles. The molecule has 0 aliphatic carbocycles. The van der Waals surface area contributed by atoms with Gasteiger partial charge in [-0.25, -0.2) is 9.97 Å². The standard InChI is InChI=1S/C17H11N5O/c18-5-6-20-17-21-10-13-2-1-12(8-15(13)22-17)11-3-4-16(23)14(7-11)9-19/h1-4,7-8,10,23H,6H2,(H,20,21,22). The molecule has 0 bridgehead atoms. The molecule has 0 fully saturated rings. The zero-order valence-corrected chi connectivity index (χ0v) is 12.0. The van der Waals surface area contributed by atoms with Crippen LogP contribution in [0.25, 0.3) is 22.0 Å². The second-order valence-electron chi connectivity index (χ2n) is 4.82. The third-order valence-corrected chi connectivity index (χ3v) is 3.36. The van der Waals surface area contributed by atoms with Gasteiger partial charge in [-0.3, -0.25) is 0 Å². The molecular formula is C17H11N5O. The van der Waals surface area contributed by atoms with Gasteiger partial charge in [-0.15, -0.1) is 0 Å². The number of rotatable bonds is 3. The maximum atomic E-state index is 9.59. The molecule has 0 saturated carbocycles. The van der Waals surface area contributed by atoms with Gasteiger partial charge in [0.2, 0.25) is 5.95 Å². The molecule has 3 rings (SSSR count). The average molecular weight is 301 g/mol. The number of aromatic nitrogens is 2. The summed E-state index contributed by atoms with van der Waals surface area (Å²) in [6, 6.07) is 14.5. The van der Waals surface area contributed by atoms with Crippen molar-refractivity contribution in [2.24, 2.45) is 0 Å². The molecule has 0 saturated heterocycles. The highest BCUT2D eigenvalue weighted by atomic mass is 16.3. The van der Waals surface area contributed by atoms with Gasteiger partial charge in [-0.05, 0) is 29.3 Å². The Morgan fingerprint density at radius 3 is 2.65 bits per heavy atom. The average Bonchev–Trinajstić information content (AvgIpc) is 2.59. The Kier molecular flexibility index (Phi) is 3.73. The molecule has 0 aliphatic rings. The number of phenols is 1. The Morgan fingerprint density at radius 1 is 1.09 bits per heavy atom. The van der Waals surface area contributed by atoms with Crippen LogP contribution < -0.4 is 5.32 Å². The maximum absolute atomic E-state index is 9.59. The number of hydrogen-bond acceptors (Lipinski definition) is 6. The molecule has 3 aromatic rings. The molecule has 2 aromatic carbocycles. The van der Waals surface area contributed by atoms with E-state index in [-0.39, 0.29) is 17.9 Å². The molecule has 0 atom stereocenters. The van der Waals surface area contributed by atoms with Crippen molar-refractivity contribution < 1.29 is 5.11 Å². The van der Waals surface area contributed by atoms with Gasteiger partial charge in [-0.1, -0.05) is 18.2 Å². The van der Waals surface area contributed by atoms with Crippen LogP contribution in [0.1, 0.15) is 5.56 Å². The lowest BCUT2D eigenvalue weighted by molar-refractivity contribution is 0.473. The molecule has 23 heavy (non-hydrogen) atoms. The minimum Gasteiger partial charge on any atom is -0.507 e. The molecule has 6 heteroatoms. The highest BCUT2D eigenvalue weighted by Gasteiger charge is 2.06. The fourth-order valence-electron chi connectivity index (χ4n) is 2.21. The highest BCUT2D eigenvalue weighted by molar-refractivity contribution is 5.84. The predicted octanol–water partition coefficient (Wildman–Crippen LogP) is 2.81. The van der Waals surface area contributed by atoms with Crippen LogP contribution in [0.4, 0.5) is 5.95 Å². The minimum atomic E-state index is -0.0395. The van der Waals surface area contributed by atoms with E-state index in [4.69, 9.17) is 10.5 Å². The summed E-state index contributed by atoms with van der Waals surface area (Å²) in [6.45, 7) is 0.134. The molecule has 0 unspecified atom stereocenters. The fraction of sp³-hybridized carbons (Fsp3) is 0.0588. The number of nitriles is 2. The summed E-state index contributed by atoms with van der Waals surface area (Å²) in [4.78, 5) is 8.51. The zero-order valence-electron chi connectivity index (χ0n) is 12.0. The summed E-state index contributed by atoms with van der Waals surface area (Å²) in [7, 11) is 0. The van der Waals surface area contributed by atoms with Crippen molar-refractivity contribution >= 4 is 16.9 Å². The summed E-state index contributed by atoms with van der Waals surface area (Å²) >= 11 is 0. The van der Waals surface area contributed by atoms with Gasteiger partial charge >= 0.3 is 0 Å². The van der Waals surface area contributed by atoms with Crippen LogP contribution in [0.2, 0.25) is 0 Å². The first-order valence-corrected chi connectivity index (χ1v) is 6.82. The van der Waals surface area contributed by atoms with E-state index in [2.05, 4.69) is 15.3 Å². The number of hydrogen-bond donors (Lipinski definition) is 2. The van der Waals surface area contributed by atoms with E-state index in [0.29, 0.717) is 5.95 Å². The number of benzene rings is 2. The van der Waals surface area contributed by atoms with Crippen molar-refractivity contribution in [3.05, 3.63) is 48.2 Å². The van der Waals surface area contributed by atoms with Crippen molar-refractivity contribution in [1.82, 2.24) is 9.97 Å². The molecule has 0 spiro atoms. The molecule has 110 valence electrons. The third kappa shape index (κ3) is 2.87. The molecule has 0 aliphatic heterocycles. The molecular weight excluding hydrogens is 290 g/mol. The first kappa shape index (κ1) is 14.3. The quantitative estimate of drug-likeness (QED) is 0.720. The summed E-state index contributed by atoms with van der Waals surface area (Å²) < 4.78 is 0. The Bertz CT molecular complexity index is 969. The van der Waals surface area contributed by atoms with Gasteiger partial charge < -0.3 is 10.4 Å². The van der Waals surface area contributed by atoms with Gasteiger partial charge in [0.05, 0.1) is 17.1 Å². The number of anilines is 1. The second kappa shape index (κ2) is 6.00. The third-order valence-electron chi connectivity index (χ3n) is 3.36. The van der Waals surface area contributed by atoms with E-state index in [1.54, 1.807) is 18.3 Å². The lowest BCUT2D eigenvalue weighted by Gasteiger charge is -2.06. The van der Waals surface area contributed by atoms with Crippen molar-refractivity contribution in [3.8, 4) is 29.0 Å². The minimum absolute atomic E-state index is 0.0395. The van der Waals surface area contributed by atoms with E-state index < -0.39 is 0 Å². The smallest absolute Gasteiger partial charge is 0.224 e. The van der Waals surface area contributed by atoms with E-state index in [9.17, 15) is 5.11 Å². The molecule has 0 amide bonds. The normalized spacial score (nSPS) is 10.0. The van der Waals surface area contributed by atoms with Crippen molar-refractivity contribution in [3.63, 3.8) is 0 Å². The Labute approximate surface area is 132 Å². The van der Waals surface area contributed by atoms with Crippen LogP contribution in [-0.2, 0) is 0 Å². The lowest BCUT2D eigenvalue weighted by atomic mass is 10.0. The van der Waals surface area contributed by atoms with Crippen molar-refractivity contribution in [2.75, 3.05) is 11.9 Å². The van der Waals surface area contributed by atoms with Crippen LogP contribution in [0, 0.1) is 22.7 Å². The Hall–Kier alpha value is -3.64. The second-order valence-corrected chi connectivity index (χ2v) is 4.82. The molecule has 2 N–H and O–H groups in total. The van der Waals surface area contributed by atoms with E-state index >= 15 is 0 Å². The zero-order chi connectivity index (χ0) is 16.2. The van der Waals surface area contributed by atoms with Gasteiger partial charge in [0.25, 0.3) is 0 Å². The van der Waals surface area contributed by atoms with Crippen LogP contribution in [0.3, 0.4) is 0 Å². The highest BCUT2D eigenvalue weighted by Crippen LogP contribution is 2.27. The Morgan fingerprint density at radius 2 is 1.87 bits per heavy atom. The predicted molar refractivity (Wildman–Crippen MR) is 85.5 cm³/mol. The van der Waals surface area contributed by atoms with Crippen molar-refractivity contribution in [1.29, 1.82) is 10.5 Å². The number of phenolic OH excluding ortho intramolecular Hbond substituents is 1. The first-order chi connectivity index (χ1) is 11.2. The van der Waals surface area contributed by atoms with Gasteiger partial charge in [0.15, 0.2) is 0 Å². The molecule has 6 nitrogen and oxygen atoms in total. The van der Waals surface area contributed by atoms with E-state index in [0.717, 1.165) is 22.0 Å². The first-order valence-electron chi connectivity index (χ1n) is 6.82. The van der Waals surface area contributed by atoms with Crippen LogP contribution in [0.5, 0.6) is 5.75 Å².